The molecule has 2 heteroatoms. The molecule has 0 bridgehead atoms. The van der Waals surface area contributed by atoms with E-state index in [1.165, 1.54) is 57.8 Å². The Hall–Kier alpha value is -0.530. The van der Waals surface area contributed by atoms with Crippen molar-refractivity contribution in [1.82, 2.24) is 0 Å². The van der Waals surface area contributed by atoms with E-state index in [-0.39, 0.29) is 17.2 Å². The molecule has 2 nitrogen and oxygen atoms in total. The Morgan fingerprint density at radius 1 is 0.905 bits per heavy atom. The number of fused-ring (bicyclic) bond motifs is 5. The van der Waals surface area contributed by atoms with E-state index in [4.69, 9.17) is 5.73 Å². The van der Waals surface area contributed by atoms with Gasteiger partial charge in [0.05, 0.1) is 0 Å². The number of carbonyl (C=O) groups is 1. The molecule has 118 valence electrons. The van der Waals surface area contributed by atoms with Gasteiger partial charge < -0.3 is 5.73 Å². The van der Waals surface area contributed by atoms with E-state index in [1.54, 1.807) is 0 Å². The summed E-state index contributed by atoms with van der Waals surface area (Å²) in [5.41, 5.74) is 5.96. The third-order valence-electron chi connectivity index (χ3n) is 8.22. The second-order valence-electron chi connectivity index (χ2n) is 8.80. The summed E-state index contributed by atoms with van der Waals surface area (Å²) in [5, 5.41) is 0. The first kappa shape index (κ1) is 14.1. The van der Waals surface area contributed by atoms with Gasteiger partial charge in [-0.2, -0.15) is 0 Å². The molecule has 4 fully saturated rings. The Morgan fingerprint density at radius 2 is 1.71 bits per heavy atom. The van der Waals surface area contributed by atoms with E-state index >= 15 is 0 Å². The number of rotatable bonds is 1. The molecule has 1 amide bonds. The summed E-state index contributed by atoms with van der Waals surface area (Å²) in [5.74, 6) is 4.88. The van der Waals surface area contributed by atoms with Crippen LogP contribution in [0.3, 0.4) is 0 Å². The minimum Gasteiger partial charge on any atom is -0.369 e. The zero-order valence-electron chi connectivity index (χ0n) is 13.5. The van der Waals surface area contributed by atoms with Crippen LogP contribution in [0.2, 0.25) is 0 Å². The molecular weight excluding hydrogens is 258 g/mol. The first-order valence-corrected chi connectivity index (χ1v) is 9.40. The van der Waals surface area contributed by atoms with Gasteiger partial charge in [-0.15, -0.1) is 0 Å². The number of nitrogens with two attached hydrogens (primary N) is 1. The average Bonchev–Trinajstić information content (AvgIpc) is 2.84. The van der Waals surface area contributed by atoms with Gasteiger partial charge >= 0.3 is 0 Å². The molecule has 0 aromatic rings. The molecule has 4 aliphatic carbocycles. The maximum Gasteiger partial charge on any atom is 0.221 e. The third kappa shape index (κ3) is 2.00. The van der Waals surface area contributed by atoms with Gasteiger partial charge in [-0.05, 0) is 80.0 Å². The van der Waals surface area contributed by atoms with Gasteiger partial charge in [0.15, 0.2) is 0 Å². The fourth-order valence-electron chi connectivity index (χ4n) is 7.30. The molecule has 0 heterocycles. The smallest absolute Gasteiger partial charge is 0.221 e. The van der Waals surface area contributed by atoms with Crippen LogP contribution in [0.15, 0.2) is 0 Å². The fraction of sp³-hybridized carbons (Fsp3) is 0.947. The van der Waals surface area contributed by atoms with Crippen molar-refractivity contribution in [1.29, 1.82) is 0 Å². The standard InChI is InChI=1S/C19H31NO/c1-19-11-10-14-13-5-3-2-4-12(13)6-7-15(14)16(19)8-9-17(19)18(20)21/h12-17H,2-11H2,1H3,(H2,20,21)/t12-,13-,14+,15+,16-,17+,19-/m0/s1. The predicted molar refractivity (Wildman–Crippen MR) is 84.4 cm³/mol. The quantitative estimate of drug-likeness (QED) is 0.775. The van der Waals surface area contributed by atoms with E-state index in [1.807, 2.05) is 0 Å². The first-order valence-electron chi connectivity index (χ1n) is 9.40. The van der Waals surface area contributed by atoms with Crippen molar-refractivity contribution in [3.63, 3.8) is 0 Å². The molecule has 4 saturated carbocycles. The monoisotopic (exact) mass is 289 g/mol. The molecular formula is C19H31NO. The van der Waals surface area contributed by atoms with E-state index in [0.29, 0.717) is 0 Å². The van der Waals surface area contributed by atoms with Gasteiger partial charge in [0.2, 0.25) is 5.91 Å². The van der Waals surface area contributed by atoms with Crippen molar-refractivity contribution in [3.05, 3.63) is 0 Å². The summed E-state index contributed by atoms with van der Waals surface area (Å²) in [6.45, 7) is 2.39. The summed E-state index contributed by atoms with van der Waals surface area (Å²) in [6, 6.07) is 0. The number of carbonyl (C=O) groups excluding carboxylic acids is 1. The second-order valence-corrected chi connectivity index (χ2v) is 8.80. The lowest BCUT2D eigenvalue weighted by molar-refractivity contribution is -0.129. The van der Waals surface area contributed by atoms with Gasteiger partial charge in [-0.25, -0.2) is 0 Å². The summed E-state index contributed by atoms with van der Waals surface area (Å²) in [6.07, 6.45) is 13.8. The van der Waals surface area contributed by atoms with Crippen molar-refractivity contribution in [2.75, 3.05) is 0 Å². The van der Waals surface area contributed by atoms with Crippen LogP contribution < -0.4 is 5.73 Å². The highest BCUT2D eigenvalue weighted by Gasteiger charge is 2.57. The van der Waals surface area contributed by atoms with Gasteiger partial charge in [0.25, 0.3) is 0 Å². The van der Waals surface area contributed by atoms with Gasteiger partial charge in [-0.3, -0.25) is 4.79 Å². The summed E-state index contributed by atoms with van der Waals surface area (Å²) < 4.78 is 0. The van der Waals surface area contributed by atoms with Crippen molar-refractivity contribution in [2.45, 2.75) is 71.1 Å². The molecule has 0 aliphatic heterocycles. The first-order chi connectivity index (χ1) is 10.1. The summed E-state index contributed by atoms with van der Waals surface area (Å²) >= 11 is 0. The number of hydrogen-bond donors (Lipinski definition) is 1. The van der Waals surface area contributed by atoms with E-state index in [2.05, 4.69) is 6.92 Å². The highest BCUT2D eigenvalue weighted by Crippen LogP contribution is 2.64. The molecule has 7 atom stereocenters. The molecule has 0 unspecified atom stereocenters. The van der Waals surface area contributed by atoms with Gasteiger partial charge in [-0.1, -0.05) is 26.2 Å². The SMILES string of the molecule is C[C@]12CC[C@H]3[C@@H](CC[C@@H]4CCCC[C@@H]43)[C@@H]1CC[C@@H]2C(N)=O. The maximum atomic E-state index is 11.9. The molecule has 0 aromatic carbocycles. The molecule has 0 radical (unpaired) electrons. The second kappa shape index (κ2) is 4.99. The lowest BCUT2D eigenvalue weighted by Gasteiger charge is -2.55. The van der Waals surface area contributed by atoms with Gasteiger partial charge in [0, 0.05) is 5.92 Å². The lowest BCUT2D eigenvalue weighted by Crippen LogP contribution is -2.49. The summed E-state index contributed by atoms with van der Waals surface area (Å²) in [4.78, 5) is 11.9. The Labute approximate surface area is 129 Å². The Balaban J connectivity index is 1.59. The molecule has 0 aromatic heterocycles. The van der Waals surface area contributed by atoms with Crippen LogP contribution in [0, 0.1) is 40.9 Å². The van der Waals surface area contributed by atoms with Crippen LogP contribution >= 0.6 is 0 Å². The van der Waals surface area contributed by atoms with Crippen LogP contribution in [-0.4, -0.2) is 5.91 Å². The lowest BCUT2D eigenvalue weighted by atomic mass is 9.50. The van der Waals surface area contributed by atoms with Crippen LogP contribution in [0.5, 0.6) is 0 Å². The third-order valence-corrected chi connectivity index (χ3v) is 8.22. The van der Waals surface area contributed by atoms with Crippen molar-refractivity contribution in [2.24, 2.45) is 46.7 Å². The minimum atomic E-state index is -0.0233. The van der Waals surface area contributed by atoms with Crippen molar-refractivity contribution >= 4 is 5.91 Å². The number of amides is 1. The molecule has 0 saturated heterocycles. The highest BCUT2D eigenvalue weighted by atomic mass is 16.1. The molecule has 4 rings (SSSR count). The fourth-order valence-corrected chi connectivity index (χ4v) is 7.30. The molecule has 21 heavy (non-hydrogen) atoms. The van der Waals surface area contributed by atoms with E-state index in [9.17, 15) is 4.79 Å². The van der Waals surface area contributed by atoms with Crippen molar-refractivity contribution < 1.29 is 4.79 Å². The Bertz CT molecular complexity index is 433. The van der Waals surface area contributed by atoms with Gasteiger partial charge in [0.1, 0.15) is 0 Å². The molecule has 2 N–H and O–H groups in total. The zero-order valence-corrected chi connectivity index (χ0v) is 13.5. The van der Waals surface area contributed by atoms with Crippen molar-refractivity contribution in [3.8, 4) is 0 Å². The number of hydrogen-bond acceptors (Lipinski definition) is 1. The Morgan fingerprint density at radius 3 is 2.52 bits per heavy atom. The van der Waals surface area contributed by atoms with E-state index in [0.717, 1.165) is 36.0 Å². The largest absolute Gasteiger partial charge is 0.369 e. The topological polar surface area (TPSA) is 43.1 Å². The summed E-state index contributed by atoms with van der Waals surface area (Å²) in [7, 11) is 0. The number of primary amides is 1. The maximum absolute atomic E-state index is 11.9. The minimum absolute atomic E-state index is 0.0233. The van der Waals surface area contributed by atoms with Crippen LogP contribution in [0.25, 0.3) is 0 Å². The average molecular weight is 289 g/mol. The van der Waals surface area contributed by atoms with Crippen LogP contribution in [0.1, 0.15) is 71.1 Å². The Kier molecular flexibility index (Phi) is 3.35. The predicted octanol–water partition coefficient (Wildman–Crippen LogP) is 4.13. The highest BCUT2D eigenvalue weighted by molar-refractivity contribution is 5.78. The molecule has 0 spiro atoms. The van der Waals surface area contributed by atoms with Crippen LogP contribution in [-0.2, 0) is 4.79 Å². The normalized spacial score (nSPS) is 52.6. The molecule has 4 aliphatic rings. The van der Waals surface area contributed by atoms with Crippen LogP contribution in [0.4, 0.5) is 0 Å². The van der Waals surface area contributed by atoms with E-state index < -0.39 is 0 Å². The zero-order chi connectivity index (χ0) is 14.6.